The van der Waals surface area contributed by atoms with E-state index in [1.165, 1.54) is 16.2 Å². The summed E-state index contributed by atoms with van der Waals surface area (Å²) in [7, 11) is 5.17. The van der Waals surface area contributed by atoms with Gasteiger partial charge in [0, 0.05) is 14.1 Å². The fraction of sp³-hybridized carbons (Fsp3) is 0.455. The van der Waals surface area contributed by atoms with Gasteiger partial charge in [0.1, 0.15) is 0 Å². The van der Waals surface area contributed by atoms with Crippen LogP contribution in [0.5, 0.6) is 0 Å². The number of hydrogen-bond donors (Lipinski definition) is 0. The summed E-state index contributed by atoms with van der Waals surface area (Å²) in [5.74, 6) is 0.0300. The van der Waals surface area contributed by atoms with Gasteiger partial charge in [-0.3, -0.25) is 14.5 Å². The fourth-order valence-electron chi connectivity index (χ4n) is 1.22. The van der Waals surface area contributed by atoms with E-state index in [1.807, 2.05) is 6.07 Å². The van der Waals surface area contributed by atoms with E-state index in [0.717, 1.165) is 3.79 Å². The molecule has 0 radical (unpaired) electrons. The largest absolute Gasteiger partial charge is 0.348 e. The molecule has 94 valence electrons. The molecule has 0 atom stereocenters. The van der Waals surface area contributed by atoms with Gasteiger partial charge >= 0.3 is 0 Å². The van der Waals surface area contributed by atoms with Crippen molar-refractivity contribution >= 4 is 39.0 Å². The second-order valence-corrected chi connectivity index (χ2v) is 6.45. The SMILES string of the molecule is CN(CC(=O)c1ccc(Br)s1)CC(=O)N(C)C. The normalized spacial score (nSPS) is 10.6. The molecule has 0 fully saturated rings. The molecule has 0 bridgehead atoms. The smallest absolute Gasteiger partial charge is 0.236 e. The van der Waals surface area contributed by atoms with Gasteiger partial charge in [-0.1, -0.05) is 0 Å². The van der Waals surface area contributed by atoms with Gasteiger partial charge in [0.25, 0.3) is 0 Å². The minimum atomic E-state index is -0.00680. The Bertz CT molecular complexity index is 417. The van der Waals surface area contributed by atoms with Gasteiger partial charge in [-0.15, -0.1) is 11.3 Å². The number of carbonyl (C=O) groups is 2. The lowest BCUT2D eigenvalue weighted by atomic mass is 10.3. The molecule has 1 heterocycles. The van der Waals surface area contributed by atoms with Gasteiger partial charge in [0.05, 0.1) is 21.8 Å². The summed E-state index contributed by atoms with van der Waals surface area (Å²) in [5, 5.41) is 0. The first-order chi connectivity index (χ1) is 7.90. The molecule has 0 aliphatic rings. The van der Waals surface area contributed by atoms with E-state index in [4.69, 9.17) is 0 Å². The topological polar surface area (TPSA) is 40.6 Å². The Kier molecular flexibility index (Phi) is 5.30. The van der Waals surface area contributed by atoms with Crippen LogP contribution >= 0.6 is 27.3 Å². The predicted molar refractivity (Wildman–Crippen MR) is 72.5 cm³/mol. The molecule has 17 heavy (non-hydrogen) atoms. The van der Waals surface area contributed by atoms with Crippen molar-refractivity contribution in [2.24, 2.45) is 0 Å². The van der Waals surface area contributed by atoms with E-state index in [0.29, 0.717) is 4.88 Å². The highest BCUT2D eigenvalue weighted by Crippen LogP contribution is 2.22. The lowest BCUT2D eigenvalue weighted by molar-refractivity contribution is -0.129. The lowest BCUT2D eigenvalue weighted by Crippen LogP contribution is -2.36. The number of carbonyl (C=O) groups excluding carboxylic acids is 2. The van der Waals surface area contributed by atoms with Crippen LogP contribution in [0.1, 0.15) is 9.67 Å². The standard InChI is InChI=1S/C11H15BrN2O2S/c1-13(2)11(16)7-14(3)6-8(15)9-4-5-10(12)17-9/h4-5H,6-7H2,1-3H3. The number of amides is 1. The monoisotopic (exact) mass is 318 g/mol. The maximum Gasteiger partial charge on any atom is 0.236 e. The third-order valence-corrected chi connectivity index (χ3v) is 3.83. The van der Waals surface area contributed by atoms with Crippen LogP contribution in [0.4, 0.5) is 0 Å². The molecule has 0 aromatic carbocycles. The van der Waals surface area contributed by atoms with E-state index in [1.54, 1.807) is 32.1 Å². The second kappa shape index (κ2) is 6.28. The van der Waals surface area contributed by atoms with E-state index < -0.39 is 0 Å². The van der Waals surface area contributed by atoms with Crippen LogP contribution in [-0.4, -0.2) is 55.7 Å². The molecule has 0 N–H and O–H groups in total. The molecule has 6 heteroatoms. The zero-order valence-corrected chi connectivity index (χ0v) is 12.5. The van der Waals surface area contributed by atoms with Gasteiger partial charge < -0.3 is 4.90 Å². The van der Waals surface area contributed by atoms with Crippen molar-refractivity contribution < 1.29 is 9.59 Å². The van der Waals surface area contributed by atoms with Gasteiger partial charge in [-0.25, -0.2) is 0 Å². The predicted octanol–water partition coefficient (Wildman–Crippen LogP) is 1.71. The highest BCUT2D eigenvalue weighted by molar-refractivity contribution is 9.11. The first-order valence-corrected chi connectivity index (χ1v) is 6.68. The Labute approximate surface area is 113 Å². The van der Waals surface area contributed by atoms with E-state index in [9.17, 15) is 9.59 Å². The van der Waals surface area contributed by atoms with Crippen LogP contribution in [0, 0.1) is 0 Å². The van der Waals surface area contributed by atoms with Crippen molar-refractivity contribution in [3.63, 3.8) is 0 Å². The van der Waals surface area contributed by atoms with Crippen molar-refractivity contribution in [2.45, 2.75) is 0 Å². The molecular formula is C11H15BrN2O2S. The van der Waals surface area contributed by atoms with Crippen LogP contribution in [0.25, 0.3) is 0 Å². The van der Waals surface area contributed by atoms with Crippen molar-refractivity contribution in [1.29, 1.82) is 0 Å². The Hall–Kier alpha value is -0.720. The Balaban J connectivity index is 2.49. The van der Waals surface area contributed by atoms with E-state index in [2.05, 4.69) is 15.9 Å². The summed E-state index contributed by atoms with van der Waals surface area (Å²) in [5.41, 5.74) is 0. The van der Waals surface area contributed by atoms with E-state index in [-0.39, 0.29) is 24.8 Å². The van der Waals surface area contributed by atoms with Crippen LogP contribution in [0.3, 0.4) is 0 Å². The molecule has 0 aliphatic carbocycles. The number of Topliss-reactive ketones (excluding diaryl/α,β-unsaturated/α-hetero) is 1. The van der Waals surface area contributed by atoms with Crippen LogP contribution in [-0.2, 0) is 4.79 Å². The van der Waals surface area contributed by atoms with Crippen molar-refractivity contribution in [3.05, 3.63) is 20.8 Å². The molecule has 1 amide bonds. The fourth-order valence-corrected chi connectivity index (χ4v) is 2.53. The summed E-state index contributed by atoms with van der Waals surface area (Å²) in [6, 6.07) is 3.64. The number of hydrogen-bond acceptors (Lipinski definition) is 4. The maximum absolute atomic E-state index is 11.8. The number of ketones is 1. The Morgan fingerprint density at radius 3 is 2.35 bits per heavy atom. The maximum atomic E-state index is 11.8. The van der Waals surface area contributed by atoms with Crippen LogP contribution in [0.2, 0.25) is 0 Å². The molecule has 1 aromatic heterocycles. The third kappa shape index (κ3) is 4.57. The molecule has 1 rings (SSSR count). The lowest BCUT2D eigenvalue weighted by Gasteiger charge is -2.17. The highest BCUT2D eigenvalue weighted by atomic mass is 79.9. The average Bonchev–Trinajstić information content (AvgIpc) is 2.64. The molecule has 0 unspecified atom stereocenters. The van der Waals surface area contributed by atoms with Gasteiger partial charge in [0.2, 0.25) is 5.91 Å². The average molecular weight is 319 g/mol. The molecule has 4 nitrogen and oxygen atoms in total. The Morgan fingerprint density at radius 2 is 1.88 bits per heavy atom. The molecule has 0 saturated carbocycles. The summed E-state index contributed by atoms with van der Waals surface area (Å²) in [6.07, 6.45) is 0. The number of thiophene rings is 1. The van der Waals surface area contributed by atoms with Crippen LogP contribution < -0.4 is 0 Å². The zero-order valence-electron chi connectivity index (χ0n) is 10.1. The minimum Gasteiger partial charge on any atom is -0.348 e. The number of halogens is 1. The molecule has 1 aromatic rings. The quantitative estimate of drug-likeness (QED) is 0.776. The molecular weight excluding hydrogens is 304 g/mol. The Morgan fingerprint density at radius 1 is 1.24 bits per heavy atom. The number of likely N-dealkylation sites (N-methyl/N-ethyl adjacent to an activating group) is 2. The zero-order chi connectivity index (χ0) is 13.0. The molecule has 0 saturated heterocycles. The minimum absolute atomic E-state index is 0.00680. The van der Waals surface area contributed by atoms with Gasteiger partial charge in [-0.2, -0.15) is 0 Å². The third-order valence-electron chi connectivity index (χ3n) is 2.17. The van der Waals surface area contributed by atoms with Crippen molar-refractivity contribution in [1.82, 2.24) is 9.80 Å². The summed E-state index contributed by atoms with van der Waals surface area (Å²) in [6.45, 7) is 0.512. The summed E-state index contributed by atoms with van der Waals surface area (Å²) >= 11 is 4.73. The number of nitrogens with zero attached hydrogens (tertiary/aromatic N) is 2. The summed E-state index contributed by atoms with van der Waals surface area (Å²) < 4.78 is 0.938. The van der Waals surface area contributed by atoms with E-state index >= 15 is 0 Å². The van der Waals surface area contributed by atoms with Gasteiger partial charge in [-0.05, 0) is 35.1 Å². The first kappa shape index (κ1) is 14.3. The van der Waals surface area contributed by atoms with Crippen molar-refractivity contribution in [3.8, 4) is 0 Å². The van der Waals surface area contributed by atoms with Crippen molar-refractivity contribution in [2.75, 3.05) is 34.2 Å². The molecule has 0 spiro atoms. The number of rotatable bonds is 5. The first-order valence-electron chi connectivity index (χ1n) is 5.07. The summed E-state index contributed by atoms with van der Waals surface area (Å²) in [4.78, 5) is 27.2. The van der Waals surface area contributed by atoms with Crippen LogP contribution in [0.15, 0.2) is 15.9 Å². The molecule has 0 aliphatic heterocycles. The van der Waals surface area contributed by atoms with Gasteiger partial charge in [0.15, 0.2) is 5.78 Å². The highest BCUT2D eigenvalue weighted by Gasteiger charge is 2.14. The second-order valence-electron chi connectivity index (χ2n) is 3.99.